The van der Waals surface area contributed by atoms with Crippen molar-refractivity contribution < 1.29 is 0 Å². The molecule has 0 atom stereocenters. The lowest BCUT2D eigenvalue weighted by Crippen LogP contribution is -2.09. The maximum absolute atomic E-state index is 2.48. The van der Waals surface area contributed by atoms with Gasteiger partial charge in [-0.05, 0) is 46.6 Å². The van der Waals surface area contributed by atoms with Gasteiger partial charge in [-0.3, -0.25) is 0 Å². The van der Waals surface area contributed by atoms with Gasteiger partial charge in [-0.15, -0.1) is 0 Å². The smallest absolute Gasteiger partial charge is 0.00134 e. The molecule has 2 aliphatic rings. The van der Waals surface area contributed by atoms with Crippen molar-refractivity contribution in [2.45, 2.75) is 44.9 Å². The summed E-state index contributed by atoms with van der Waals surface area (Å²) in [5, 5.41) is 0. The van der Waals surface area contributed by atoms with Crippen LogP contribution in [0.25, 0.3) is 11.1 Å². The SMILES string of the molecule is c1ccc2c(c1)Cc1cc(CC3CCCCC3)ccc1-2. The van der Waals surface area contributed by atoms with Crippen molar-refractivity contribution in [1.82, 2.24) is 0 Å². The minimum atomic E-state index is 0.936. The number of hydrogen-bond acceptors (Lipinski definition) is 0. The Morgan fingerprint density at radius 2 is 1.60 bits per heavy atom. The van der Waals surface area contributed by atoms with Crippen LogP contribution in [0.3, 0.4) is 0 Å². The third kappa shape index (κ3) is 2.18. The maximum Gasteiger partial charge on any atom is -0.00134 e. The number of benzene rings is 2. The van der Waals surface area contributed by atoms with Crippen LogP contribution in [0.4, 0.5) is 0 Å². The zero-order valence-electron chi connectivity index (χ0n) is 12.1. The summed E-state index contributed by atoms with van der Waals surface area (Å²) < 4.78 is 0. The molecule has 0 spiro atoms. The lowest BCUT2D eigenvalue weighted by molar-refractivity contribution is 0.356. The highest BCUT2D eigenvalue weighted by Gasteiger charge is 2.19. The number of hydrogen-bond donors (Lipinski definition) is 0. The van der Waals surface area contributed by atoms with Crippen LogP contribution in [0.15, 0.2) is 42.5 Å². The second-order valence-corrected chi connectivity index (χ2v) is 6.53. The van der Waals surface area contributed by atoms with Crippen molar-refractivity contribution in [2.24, 2.45) is 5.92 Å². The molecule has 2 aromatic rings. The molecule has 2 aliphatic carbocycles. The molecule has 0 aliphatic heterocycles. The molecular formula is C20H22. The van der Waals surface area contributed by atoms with E-state index >= 15 is 0 Å². The number of fused-ring (bicyclic) bond motifs is 3. The molecule has 0 heterocycles. The first-order chi connectivity index (χ1) is 9.90. The summed E-state index contributed by atoms with van der Waals surface area (Å²) in [5.74, 6) is 0.936. The average Bonchev–Trinajstić information content (AvgIpc) is 2.86. The molecule has 102 valence electrons. The van der Waals surface area contributed by atoms with E-state index in [0.29, 0.717) is 0 Å². The fourth-order valence-electron chi connectivity index (χ4n) is 4.05. The molecular weight excluding hydrogens is 240 g/mol. The average molecular weight is 262 g/mol. The van der Waals surface area contributed by atoms with Crippen LogP contribution in [0.1, 0.15) is 48.8 Å². The largest absolute Gasteiger partial charge is 0.0619 e. The molecule has 4 rings (SSSR count). The Morgan fingerprint density at radius 3 is 2.50 bits per heavy atom. The van der Waals surface area contributed by atoms with E-state index < -0.39 is 0 Å². The van der Waals surface area contributed by atoms with Crippen LogP contribution < -0.4 is 0 Å². The number of rotatable bonds is 2. The Hall–Kier alpha value is -1.56. The van der Waals surface area contributed by atoms with Crippen LogP contribution >= 0.6 is 0 Å². The first-order valence-corrected chi connectivity index (χ1v) is 8.10. The molecule has 0 nitrogen and oxygen atoms in total. The van der Waals surface area contributed by atoms with Crippen molar-refractivity contribution in [2.75, 3.05) is 0 Å². The summed E-state index contributed by atoms with van der Waals surface area (Å²) in [4.78, 5) is 0. The van der Waals surface area contributed by atoms with Crippen LogP contribution in [0, 0.1) is 5.92 Å². The molecule has 0 radical (unpaired) electrons. The first-order valence-electron chi connectivity index (χ1n) is 8.10. The van der Waals surface area contributed by atoms with E-state index in [-0.39, 0.29) is 0 Å². The van der Waals surface area contributed by atoms with E-state index in [1.165, 1.54) is 55.2 Å². The summed E-state index contributed by atoms with van der Waals surface area (Å²) in [6.07, 6.45) is 9.65. The predicted molar refractivity (Wildman–Crippen MR) is 85.0 cm³/mol. The van der Waals surface area contributed by atoms with E-state index in [1.54, 1.807) is 11.1 Å². The van der Waals surface area contributed by atoms with Crippen molar-refractivity contribution in [3.05, 3.63) is 59.2 Å². The normalized spacial score (nSPS) is 17.8. The second kappa shape index (κ2) is 5.09. The second-order valence-electron chi connectivity index (χ2n) is 6.53. The molecule has 1 fully saturated rings. The maximum atomic E-state index is 2.48. The molecule has 0 N–H and O–H groups in total. The monoisotopic (exact) mass is 262 g/mol. The standard InChI is InChI=1S/C20H22/c1-2-6-15(7-3-1)12-16-10-11-20-18(13-16)14-17-8-4-5-9-19(17)20/h4-5,8-11,13,15H,1-3,6-7,12,14H2. The topological polar surface area (TPSA) is 0 Å². The Labute approximate surface area is 121 Å². The van der Waals surface area contributed by atoms with E-state index in [2.05, 4.69) is 42.5 Å². The highest BCUT2D eigenvalue weighted by atomic mass is 14.2. The summed E-state index contributed by atoms with van der Waals surface area (Å²) in [6.45, 7) is 0. The lowest BCUT2D eigenvalue weighted by atomic mass is 9.84. The third-order valence-corrected chi connectivity index (χ3v) is 5.11. The van der Waals surface area contributed by atoms with E-state index in [1.807, 2.05) is 0 Å². The van der Waals surface area contributed by atoms with Gasteiger partial charge >= 0.3 is 0 Å². The van der Waals surface area contributed by atoms with Crippen molar-refractivity contribution in [1.29, 1.82) is 0 Å². The van der Waals surface area contributed by atoms with Crippen LogP contribution in [0.5, 0.6) is 0 Å². The fraction of sp³-hybridized carbons (Fsp3) is 0.400. The van der Waals surface area contributed by atoms with Gasteiger partial charge in [0.15, 0.2) is 0 Å². The van der Waals surface area contributed by atoms with Gasteiger partial charge in [-0.1, -0.05) is 74.6 Å². The van der Waals surface area contributed by atoms with Gasteiger partial charge in [-0.25, -0.2) is 0 Å². The molecule has 0 heteroatoms. The van der Waals surface area contributed by atoms with Gasteiger partial charge in [0.1, 0.15) is 0 Å². The van der Waals surface area contributed by atoms with E-state index in [4.69, 9.17) is 0 Å². The van der Waals surface area contributed by atoms with Crippen LogP contribution in [-0.2, 0) is 12.8 Å². The van der Waals surface area contributed by atoms with Gasteiger partial charge in [0.25, 0.3) is 0 Å². The minimum Gasteiger partial charge on any atom is -0.0619 e. The highest BCUT2D eigenvalue weighted by Crippen LogP contribution is 2.37. The molecule has 0 bridgehead atoms. The Morgan fingerprint density at radius 1 is 0.800 bits per heavy atom. The van der Waals surface area contributed by atoms with E-state index in [9.17, 15) is 0 Å². The third-order valence-electron chi connectivity index (χ3n) is 5.11. The minimum absolute atomic E-state index is 0.936. The van der Waals surface area contributed by atoms with Crippen molar-refractivity contribution in [3.63, 3.8) is 0 Å². The highest BCUT2D eigenvalue weighted by molar-refractivity contribution is 5.76. The fourth-order valence-corrected chi connectivity index (χ4v) is 4.05. The van der Waals surface area contributed by atoms with Crippen molar-refractivity contribution in [3.8, 4) is 11.1 Å². The van der Waals surface area contributed by atoms with Crippen molar-refractivity contribution >= 4 is 0 Å². The van der Waals surface area contributed by atoms with Gasteiger partial charge in [-0.2, -0.15) is 0 Å². The summed E-state index contributed by atoms with van der Waals surface area (Å²) in [6, 6.07) is 16.1. The van der Waals surface area contributed by atoms with Gasteiger partial charge in [0, 0.05) is 0 Å². The Kier molecular flexibility index (Phi) is 3.10. The predicted octanol–water partition coefficient (Wildman–Crippen LogP) is 5.38. The lowest BCUT2D eigenvalue weighted by Gasteiger charge is -2.21. The van der Waals surface area contributed by atoms with Crippen LogP contribution in [-0.4, -0.2) is 0 Å². The molecule has 0 saturated heterocycles. The quantitative estimate of drug-likeness (QED) is 0.581. The zero-order valence-corrected chi connectivity index (χ0v) is 12.1. The molecule has 0 amide bonds. The molecule has 20 heavy (non-hydrogen) atoms. The van der Waals surface area contributed by atoms with Gasteiger partial charge in [0.05, 0.1) is 0 Å². The molecule has 1 saturated carbocycles. The first kappa shape index (κ1) is 12.2. The van der Waals surface area contributed by atoms with Gasteiger partial charge < -0.3 is 0 Å². The summed E-state index contributed by atoms with van der Waals surface area (Å²) >= 11 is 0. The summed E-state index contributed by atoms with van der Waals surface area (Å²) in [7, 11) is 0. The Balaban J connectivity index is 1.58. The molecule has 2 aromatic carbocycles. The Bertz CT molecular complexity index is 618. The van der Waals surface area contributed by atoms with Gasteiger partial charge in [0.2, 0.25) is 0 Å². The van der Waals surface area contributed by atoms with Crippen LogP contribution in [0.2, 0.25) is 0 Å². The summed E-state index contributed by atoms with van der Waals surface area (Å²) in [5.41, 5.74) is 7.51. The van der Waals surface area contributed by atoms with E-state index in [0.717, 1.165) is 12.3 Å². The molecule has 0 aromatic heterocycles. The zero-order chi connectivity index (χ0) is 13.4. The molecule has 0 unspecified atom stereocenters.